The Morgan fingerprint density at radius 1 is 1.00 bits per heavy atom. The molecule has 130 valence electrons. The van der Waals surface area contributed by atoms with E-state index in [0.29, 0.717) is 18.4 Å². The molecule has 0 radical (unpaired) electrons. The van der Waals surface area contributed by atoms with Crippen molar-refractivity contribution < 1.29 is 40.5 Å². The van der Waals surface area contributed by atoms with Crippen LogP contribution in [0, 0.1) is 0 Å². The van der Waals surface area contributed by atoms with Crippen LogP contribution in [0.4, 0.5) is 0 Å². The fourth-order valence-corrected chi connectivity index (χ4v) is 2.05. The Hall–Kier alpha value is -1.71. The molecule has 0 aliphatic carbocycles. The summed E-state index contributed by atoms with van der Waals surface area (Å²) in [6.07, 6.45) is -6.67. The van der Waals surface area contributed by atoms with E-state index in [2.05, 4.69) is 0 Å². The van der Waals surface area contributed by atoms with Gasteiger partial charge in [-0.2, -0.15) is 0 Å². The van der Waals surface area contributed by atoms with E-state index in [4.69, 9.17) is 5.11 Å². The maximum atomic E-state index is 11.8. The van der Waals surface area contributed by atoms with E-state index in [1.165, 1.54) is 12.1 Å². The maximum absolute atomic E-state index is 11.8. The van der Waals surface area contributed by atoms with Crippen molar-refractivity contribution in [2.75, 3.05) is 6.61 Å². The summed E-state index contributed by atoms with van der Waals surface area (Å²) in [6, 6.07) is 4.25. The van der Waals surface area contributed by atoms with Crippen LogP contribution in [-0.2, 0) is 11.2 Å². The summed E-state index contributed by atoms with van der Waals surface area (Å²) in [5.41, 5.74) is 0.680. The number of hydrogen-bond acceptors (Lipinski definition) is 8. The van der Waals surface area contributed by atoms with Gasteiger partial charge in [0.05, 0.1) is 6.61 Å². The summed E-state index contributed by atoms with van der Waals surface area (Å²) in [6.45, 7) is -0.816. The zero-order valence-electron chi connectivity index (χ0n) is 12.4. The van der Waals surface area contributed by atoms with Gasteiger partial charge in [-0.3, -0.25) is 4.79 Å². The number of carbonyl (C=O) groups excluding carboxylic acids is 1. The van der Waals surface area contributed by atoms with Gasteiger partial charge in [-0.25, -0.2) is 0 Å². The smallest absolute Gasteiger partial charge is 0.164 e. The summed E-state index contributed by atoms with van der Waals surface area (Å²) in [5, 5.41) is 65.0. The molecular weight excluding hydrogens is 308 g/mol. The minimum atomic E-state index is -1.90. The van der Waals surface area contributed by atoms with Crippen molar-refractivity contribution in [3.63, 3.8) is 0 Å². The van der Waals surface area contributed by atoms with Crippen LogP contribution in [0.5, 0.6) is 11.5 Å². The SMILES string of the molecule is O=C(CCCc1ccc(O)c(O)c1)[C@H](O)[C@@H](O)[C@H](O)[C@H](O)CO. The molecular formula is C15H22O8. The van der Waals surface area contributed by atoms with Gasteiger partial charge in [0.2, 0.25) is 0 Å². The minimum absolute atomic E-state index is 0.0954. The molecule has 4 atom stereocenters. The van der Waals surface area contributed by atoms with E-state index in [1.807, 2.05) is 0 Å². The average molecular weight is 330 g/mol. The second-order valence-electron chi connectivity index (χ2n) is 5.32. The molecule has 0 spiro atoms. The zero-order valence-corrected chi connectivity index (χ0v) is 12.4. The number of aliphatic hydroxyl groups excluding tert-OH is 5. The van der Waals surface area contributed by atoms with E-state index in [0.717, 1.165) is 0 Å². The van der Waals surface area contributed by atoms with Crippen LogP contribution >= 0.6 is 0 Å². The van der Waals surface area contributed by atoms with Crippen LogP contribution < -0.4 is 0 Å². The molecule has 0 saturated carbocycles. The molecule has 8 nitrogen and oxygen atoms in total. The number of aromatic hydroxyl groups is 2. The van der Waals surface area contributed by atoms with Gasteiger partial charge in [-0.15, -0.1) is 0 Å². The molecule has 0 fully saturated rings. The fraction of sp³-hybridized carbons (Fsp3) is 0.533. The number of Topliss-reactive ketones (excluding diaryl/α,β-unsaturated/α-hetero) is 1. The highest BCUT2D eigenvalue weighted by Gasteiger charge is 2.33. The Labute approximate surface area is 132 Å². The van der Waals surface area contributed by atoms with Crippen molar-refractivity contribution in [3.8, 4) is 11.5 Å². The van der Waals surface area contributed by atoms with Crippen molar-refractivity contribution in [1.82, 2.24) is 0 Å². The lowest BCUT2D eigenvalue weighted by Gasteiger charge is -2.24. The van der Waals surface area contributed by atoms with E-state index >= 15 is 0 Å². The molecule has 0 amide bonds. The Kier molecular flexibility index (Phi) is 7.40. The van der Waals surface area contributed by atoms with E-state index in [1.54, 1.807) is 6.07 Å². The van der Waals surface area contributed by atoms with Gasteiger partial charge in [0.25, 0.3) is 0 Å². The molecule has 0 bridgehead atoms. The van der Waals surface area contributed by atoms with Crippen molar-refractivity contribution in [1.29, 1.82) is 0 Å². The Morgan fingerprint density at radius 3 is 2.22 bits per heavy atom. The number of ketones is 1. The van der Waals surface area contributed by atoms with E-state index in [9.17, 15) is 35.4 Å². The molecule has 0 saturated heterocycles. The second kappa shape index (κ2) is 8.80. The fourth-order valence-electron chi connectivity index (χ4n) is 2.05. The number of phenolic OH excluding ortho intramolecular Hbond substituents is 2. The summed E-state index contributed by atoms with van der Waals surface area (Å²) in [4.78, 5) is 11.8. The van der Waals surface area contributed by atoms with Crippen molar-refractivity contribution in [3.05, 3.63) is 23.8 Å². The highest BCUT2D eigenvalue weighted by molar-refractivity contribution is 5.83. The number of hydrogen-bond donors (Lipinski definition) is 7. The predicted octanol–water partition coefficient (Wildman–Crippen LogP) is -1.57. The third-order valence-electron chi connectivity index (χ3n) is 3.51. The molecule has 0 aromatic heterocycles. The lowest BCUT2D eigenvalue weighted by atomic mass is 9.97. The highest BCUT2D eigenvalue weighted by atomic mass is 16.4. The van der Waals surface area contributed by atoms with Crippen LogP contribution in [-0.4, -0.2) is 72.6 Å². The van der Waals surface area contributed by atoms with E-state index < -0.39 is 36.8 Å². The minimum Gasteiger partial charge on any atom is -0.504 e. The van der Waals surface area contributed by atoms with Crippen LogP contribution in [0.2, 0.25) is 0 Å². The summed E-state index contributed by atoms with van der Waals surface area (Å²) in [5.74, 6) is -1.24. The van der Waals surface area contributed by atoms with Gasteiger partial charge in [0, 0.05) is 6.42 Å². The molecule has 0 aliphatic heterocycles. The first kappa shape index (κ1) is 19.3. The molecule has 1 aromatic rings. The molecule has 23 heavy (non-hydrogen) atoms. The van der Waals surface area contributed by atoms with Gasteiger partial charge in [-0.05, 0) is 30.5 Å². The molecule has 1 aromatic carbocycles. The molecule has 1 rings (SSSR count). The molecule has 0 heterocycles. The topological polar surface area (TPSA) is 159 Å². The third-order valence-corrected chi connectivity index (χ3v) is 3.51. The van der Waals surface area contributed by atoms with Crippen molar-refractivity contribution >= 4 is 5.78 Å². The predicted molar refractivity (Wildman–Crippen MR) is 78.8 cm³/mol. The summed E-state index contributed by atoms with van der Waals surface area (Å²) < 4.78 is 0. The number of phenols is 2. The Bertz CT molecular complexity index is 518. The van der Waals surface area contributed by atoms with Crippen LogP contribution in [0.3, 0.4) is 0 Å². The third kappa shape index (κ3) is 5.45. The van der Waals surface area contributed by atoms with Crippen LogP contribution in [0.25, 0.3) is 0 Å². The highest BCUT2D eigenvalue weighted by Crippen LogP contribution is 2.25. The first-order chi connectivity index (χ1) is 10.8. The number of carbonyl (C=O) groups is 1. The first-order valence-corrected chi connectivity index (χ1v) is 7.14. The number of aliphatic hydroxyl groups is 5. The number of benzene rings is 1. The molecule has 8 heteroatoms. The van der Waals surface area contributed by atoms with E-state index in [-0.39, 0.29) is 17.9 Å². The Balaban J connectivity index is 2.47. The summed E-state index contributed by atoms with van der Waals surface area (Å²) in [7, 11) is 0. The molecule has 0 unspecified atom stereocenters. The normalized spacial score (nSPS) is 16.6. The van der Waals surface area contributed by atoms with Crippen molar-refractivity contribution in [2.24, 2.45) is 0 Å². The van der Waals surface area contributed by atoms with Gasteiger partial charge in [0.15, 0.2) is 17.3 Å². The second-order valence-corrected chi connectivity index (χ2v) is 5.32. The van der Waals surface area contributed by atoms with Gasteiger partial charge in [-0.1, -0.05) is 6.07 Å². The standard InChI is InChI=1S/C15H22O8/c16-7-12(20)14(22)15(23)13(21)10(18)3-1-2-8-4-5-9(17)11(19)6-8/h4-6,12-17,19-23H,1-3,7H2/t12-,13+,14-,15-/m1/s1. The maximum Gasteiger partial charge on any atom is 0.164 e. The summed E-state index contributed by atoms with van der Waals surface area (Å²) >= 11 is 0. The molecule has 0 aliphatic rings. The quantitative estimate of drug-likeness (QED) is 0.267. The largest absolute Gasteiger partial charge is 0.504 e. The van der Waals surface area contributed by atoms with Crippen molar-refractivity contribution in [2.45, 2.75) is 43.7 Å². The Morgan fingerprint density at radius 2 is 1.65 bits per heavy atom. The van der Waals surface area contributed by atoms with Gasteiger partial charge >= 0.3 is 0 Å². The first-order valence-electron chi connectivity index (χ1n) is 7.14. The number of aryl methyl sites for hydroxylation is 1. The lowest BCUT2D eigenvalue weighted by Crippen LogP contribution is -2.48. The number of rotatable bonds is 9. The van der Waals surface area contributed by atoms with Crippen LogP contribution in [0.15, 0.2) is 18.2 Å². The zero-order chi connectivity index (χ0) is 17.6. The van der Waals surface area contributed by atoms with Crippen LogP contribution in [0.1, 0.15) is 18.4 Å². The molecule has 7 N–H and O–H groups in total. The van der Waals surface area contributed by atoms with Gasteiger partial charge < -0.3 is 35.7 Å². The average Bonchev–Trinajstić information content (AvgIpc) is 2.55. The van der Waals surface area contributed by atoms with Gasteiger partial charge in [0.1, 0.15) is 24.4 Å². The lowest BCUT2D eigenvalue weighted by molar-refractivity contribution is -0.147. The monoisotopic (exact) mass is 330 g/mol.